The number of sulfonamides is 1. The number of benzene rings is 1. The number of nitrogens with zero attached hydrogens (tertiary/aromatic N) is 1. The molecule has 1 aromatic rings. The summed E-state index contributed by atoms with van der Waals surface area (Å²) in [4.78, 5) is 14.4. The zero-order chi connectivity index (χ0) is 20.2. The largest absolute Gasteiger partial charge is 0.368 e. The van der Waals surface area contributed by atoms with Crippen molar-refractivity contribution >= 4 is 28.6 Å². The van der Waals surface area contributed by atoms with Gasteiger partial charge < -0.3 is 11.1 Å². The predicted octanol–water partition coefficient (Wildman–Crippen LogP) is 0.696. The Bertz CT molecular complexity index is 739. The highest BCUT2D eigenvalue weighted by Gasteiger charge is 2.32. The molecule has 0 saturated carbocycles. The SMILES string of the molecule is CC[C@H](C)[C@@H](C(N)=O)N(Cc1ccc(S(N)(=O)=O)cc1)C[C@@H]1C[C@H](S)CN1. The quantitative estimate of drug-likeness (QED) is 0.444. The van der Waals surface area contributed by atoms with Crippen molar-refractivity contribution in [1.82, 2.24) is 10.2 Å². The van der Waals surface area contributed by atoms with Crippen LogP contribution in [0.2, 0.25) is 0 Å². The molecule has 152 valence electrons. The highest BCUT2D eigenvalue weighted by molar-refractivity contribution is 7.89. The van der Waals surface area contributed by atoms with Gasteiger partial charge in [0.1, 0.15) is 0 Å². The Balaban J connectivity index is 2.23. The van der Waals surface area contributed by atoms with Crippen molar-refractivity contribution in [1.29, 1.82) is 0 Å². The van der Waals surface area contributed by atoms with E-state index in [0.717, 1.165) is 24.9 Å². The molecule has 1 aliphatic heterocycles. The second-order valence-electron chi connectivity index (χ2n) is 7.35. The number of hydrogen-bond acceptors (Lipinski definition) is 6. The minimum atomic E-state index is -3.73. The predicted molar refractivity (Wildman–Crippen MR) is 110 cm³/mol. The third kappa shape index (κ3) is 6.18. The van der Waals surface area contributed by atoms with E-state index in [-0.39, 0.29) is 22.8 Å². The van der Waals surface area contributed by atoms with E-state index >= 15 is 0 Å². The standard InChI is InChI=1S/C18H30N4O3S2/c1-3-12(2)17(18(19)23)22(11-14-8-15(26)9-21-14)10-13-4-6-16(7-5-13)27(20,24)25/h4-7,12,14-15,17,21,26H,3,8-11H2,1-2H3,(H2,19,23)(H2,20,24,25)/t12-,14-,15-,17-/m0/s1. The van der Waals surface area contributed by atoms with Gasteiger partial charge in [0.25, 0.3) is 0 Å². The van der Waals surface area contributed by atoms with Gasteiger partial charge in [-0.15, -0.1) is 0 Å². The lowest BCUT2D eigenvalue weighted by molar-refractivity contribution is -0.125. The zero-order valence-corrected chi connectivity index (χ0v) is 17.5. The van der Waals surface area contributed by atoms with Crippen molar-refractivity contribution in [3.63, 3.8) is 0 Å². The molecular formula is C18H30N4O3S2. The second-order valence-corrected chi connectivity index (χ2v) is 9.64. The first-order valence-electron chi connectivity index (χ1n) is 9.18. The molecule has 0 bridgehead atoms. The van der Waals surface area contributed by atoms with Gasteiger partial charge in [-0.25, -0.2) is 13.6 Å². The van der Waals surface area contributed by atoms with E-state index in [1.165, 1.54) is 12.1 Å². The van der Waals surface area contributed by atoms with Gasteiger partial charge in [0.05, 0.1) is 10.9 Å². The zero-order valence-electron chi connectivity index (χ0n) is 15.8. The Labute approximate surface area is 167 Å². The van der Waals surface area contributed by atoms with E-state index < -0.39 is 16.1 Å². The topological polar surface area (TPSA) is 119 Å². The van der Waals surface area contributed by atoms with Crippen molar-refractivity contribution in [3.05, 3.63) is 29.8 Å². The van der Waals surface area contributed by atoms with Crippen LogP contribution in [0.3, 0.4) is 0 Å². The summed E-state index contributed by atoms with van der Waals surface area (Å²) in [5.74, 6) is -0.231. The number of carbonyl (C=O) groups excluding carboxylic acids is 1. The molecule has 5 N–H and O–H groups in total. The van der Waals surface area contributed by atoms with Crippen LogP contribution in [0.25, 0.3) is 0 Å². The molecule has 0 radical (unpaired) electrons. The molecule has 1 fully saturated rings. The van der Waals surface area contributed by atoms with Crippen LogP contribution in [-0.4, -0.2) is 49.6 Å². The van der Waals surface area contributed by atoms with Crippen LogP contribution in [-0.2, 0) is 21.4 Å². The molecule has 7 nitrogen and oxygen atoms in total. The molecule has 0 aliphatic carbocycles. The van der Waals surface area contributed by atoms with E-state index in [1.807, 2.05) is 13.8 Å². The van der Waals surface area contributed by atoms with Gasteiger partial charge in [0.15, 0.2) is 0 Å². The molecule has 9 heteroatoms. The monoisotopic (exact) mass is 414 g/mol. The molecule has 1 aliphatic rings. The van der Waals surface area contributed by atoms with Crippen molar-refractivity contribution in [2.75, 3.05) is 13.1 Å². The first-order valence-corrected chi connectivity index (χ1v) is 11.2. The molecule has 2 rings (SSSR count). The normalized spacial score (nSPS) is 22.7. The number of carbonyl (C=O) groups is 1. The maximum absolute atomic E-state index is 12.2. The van der Waals surface area contributed by atoms with E-state index in [1.54, 1.807) is 12.1 Å². The van der Waals surface area contributed by atoms with Gasteiger partial charge >= 0.3 is 0 Å². The number of hydrogen-bond donors (Lipinski definition) is 4. The third-order valence-corrected chi connectivity index (χ3v) is 6.48. The summed E-state index contributed by atoms with van der Waals surface area (Å²) >= 11 is 4.52. The molecule has 1 amide bonds. The van der Waals surface area contributed by atoms with Gasteiger partial charge in [-0.05, 0) is 30.0 Å². The lowest BCUT2D eigenvalue weighted by atomic mass is 9.95. The average Bonchev–Trinajstić information content (AvgIpc) is 2.99. The summed E-state index contributed by atoms with van der Waals surface area (Å²) in [6.45, 7) is 6.08. The average molecular weight is 415 g/mol. The lowest BCUT2D eigenvalue weighted by Gasteiger charge is -2.35. The molecule has 0 unspecified atom stereocenters. The summed E-state index contributed by atoms with van der Waals surface area (Å²) in [7, 11) is -3.73. The van der Waals surface area contributed by atoms with Crippen molar-refractivity contribution < 1.29 is 13.2 Å². The van der Waals surface area contributed by atoms with Gasteiger partial charge in [0, 0.05) is 30.9 Å². The summed E-state index contributed by atoms with van der Waals surface area (Å²) in [5.41, 5.74) is 6.64. The van der Waals surface area contributed by atoms with Crippen molar-refractivity contribution in [3.8, 4) is 0 Å². The maximum atomic E-state index is 12.2. The van der Waals surface area contributed by atoms with E-state index in [9.17, 15) is 13.2 Å². The molecule has 1 saturated heterocycles. The summed E-state index contributed by atoms with van der Waals surface area (Å²) < 4.78 is 22.9. The lowest BCUT2D eigenvalue weighted by Crippen LogP contribution is -2.51. The molecule has 0 spiro atoms. The Morgan fingerprint density at radius 2 is 2.00 bits per heavy atom. The Morgan fingerprint density at radius 3 is 2.44 bits per heavy atom. The number of nitrogens with one attached hydrogen (secondary N) is 1. The minimum absolute atomic E-state index is 0.0709. The molecule has 27 heavy (non-hydrogen) atoms. The van der Waals surface area contributed by atoms with Gasteiger partial charge in [-0.1, -0.05) is 32.4 Å². The summed E-state index contributed by atoms with van der Waals surface area (Å²) in [6, 6.07) is 6.28. The molecule has 4 atom stereocenters. The van der Waals surface area contributed by atoms with Crippen LogP contribution < -0.4 is 16.2 Å². The minimum Gasteiger partial charge on any atom is -0.368 e. The van der Waals surface area contributed by atoms with E-state index in [4.69, 9.17) is 10.9 Å². The van der Waals surface area contributed by atoms with E-state index in [2.05, 4.69) is 22.8 Å². The number of rotatable bonds is 9. The van der Waals surface area contributed by atoms with Gasteiger partial charge in [0.2, 0.25) is 15.9 Å². The number of amides is 1. The van der Waals surface area contributed by atoms with Crippen molar-refractivity contribution in [2.24, 2.45) is 16.8 Å². The fraction of sp³-hybridized carbons (Fsp3) is 0.611. The Morgan fingerprint density at radius 1 is 1.37 bits per heavy atom. The van der Waals surface area contributed by atoms with Crippen LogP contribution in [0.1, 0.15) is 32.3 Å². The first-order chi connectivity index (χ1) is 12.6. The third-order valence-electron chi connectivity index (χ3n) is 5.16. The Hall–Kier alpha value is -1.13. The fourth-order valence-electron chi connectivity index (χ4n) is 3.56. The molecule has 1 heterocycles. The smallest absolute Gasteiger partial charge is 0.238 e. The van der Waals surface area contributed by atoms with Crippen LogP contribution in [0.15, 0.2) is 29.2 Å². The van der Waals surface area contributed by atoms with Crippen molar-refractivity contribution in [2.45, 2.75) is 55.5 Å². The number of primary amides is 1. The van der Waals surface area contributed by atoms with Gasteiger partial charge in [-0.2, -0.15) is 12.6 Å². The first kappa shape index (κ1) is 22.2. The highest BCUT2D eigenvalue weighted by Crippen LogP contribution is 2.21. The maximum Gasteiger partial charge on any atom is 0.238 e. The number of primary sulfonamides is 1. The van der Waals surface area contributed by atoms with E-state index in [0.29, 0.717) is 18.3 Å². The van der Waals surface area contributed by atoms with Crippen LogP contribution in [0, 0.1) is 5.92 Å². The van der Waals surface area contributed by atoms with Crippen LogP contribution >= 0.6 is 12.6 Å². The van der Waals surface area contributed by atoms with Gasteiger partial charge in [-0.3, -0.25) is 9.69 Å². The Kier molecular flexibility index (Phi) is 7.70. The molecule has 1 aromatic carbocycles. The molecular weight excluding hydrogens is 384 g/mol. The van der Waals surface area contributed by atoms with Crippen LogP contribution in [0.4, 0.5) is 0 Å². The summed E-state index contributed by atoms with van der Waals surface area (Å²) in [6.07, 6.45) is 1.76. The second kappa shape index (κ2) is 9.38. The van der Waals surface area contributed by atoms with Crippen LogP contribution in [0.5, 0.6) is 0 Å². The highest BCUT2D eigenvalue weighted by atomic mass is 32.2. The summed E-state index contributed by atoms with van der Waals surface area (Å²) in [5, 5.41) is 8.90. The number of thiol groups is 1. The fourth-order valence-corrected chi connectivity index (χ4v) is 4.43. The molecule has 0 aromatic heterocycles. The number of nitrogens with two attached hydrogens (primary N) is 2.